The molecule has 0 saturated heterocycles. The molecular weight excluding hydrogens is 364 g/mol. The first-order valence-electron chi connectivity index (χ1n) is 9.25. The van der Waals surface area contributed by atoms with Gasteiger partial charge in [-0.05, 0) is 49.4 Å². The van der Waals surface area contributed by atoms with Crippen LogP contribution in [0.3, 0.4) is 0 Å². The monoisotopic (exact) mass is 386 g/mol. The predicted molar refractivity (Wildman–Crippen MR) is 104 cm³/mol. The van der Waals surface area contributed by atoms with Crippen LogP contribution in [0.4, 0.5) is 5.00 Å². The molecule has 1 aliphatic heterocycles. The number of nitrogens with one attached hydrogen (secondary N) is 2. The SMILES string of the molecule is CNC(=O)c1c(NC(=O)c2ccc3c(c2)OCCO3)sc2c1CCCCC2. The molecule has 0 unspecified atom stereocenters. The van der Waals surface area contributed by atoms with Crippen LogP contribution >= 0.6 is 11.3 Å². The molecule has 0 atom stereocenters. The highest BCUT2D eigenvalue weighted by Gasteiger charge is 2.25. The van der Waals surface area contributed by atoms with Gasteiger partial charge in [-0.3, -0.25) is 9.59 Å². The molecule has 0 bridgehead atoms. The fraction of sp³-hybridized carbons (Fsp3) is 0.400. The lowest BCUT2D eigenvalue weighted by atomic mass is 10.0. The number of thiophene rings is 1. The van der Waals surface area contributed by atoms with E-state index in [2.05, 4.69) is 10.6 Å². The Kier molecular flexibility index (Phi) is 5.03. The number of ether oxygens (including phenoxy) is 2. The first-order valence-corrected chi connectivity index (χ1v) is 10.1. The summed E-state index contributed by atoms with van der Waals surface area (Å²) in [6.07, 6.45) is 5.21. The van der Waals surface area contributed by atoms with Crippen LogP contribution in [0.15, 0.2) is 18.2 Å². The minimum Gasteiger partial charge on any atom is -0.486 e. The average Bonchev–Trinajstić information content (AvgIpc) is 2.87. The molecule has 0 spiro atoms. The highest BCUT2D eigenvalue weighted by atomic mass is 32.1. The Balaban J connectivity index is 1.64. The van der Waals surface area contributed by atoms with E-state index in [1.807, 2.05) is 0 Å². The van der Waals surface area contributed by atoms with Crippen LogP contribution in [-0.2, 0) is 12.8 Å². The van der Waals surface area contributed by atoms with Crippen molar-refractivity contribution >= 4 is 28.2 Å². The summed E-state index contributed by atoms with van der Waals surface area (Å²) in [7, 11) is 1.62. The van der Waals surface area contributed by atoms with Gasteiger partial charge in [0.25, 0.3) is 11.8 Å². The van der Waals surface area contributed by atoms with Crippen LogP contribution in [0.2, 0.25) is 0 Å². The largest absolute Gasteiger partial charge is 0.486 e. The van der Waals surface area contributed by atoms with Crippen molar-refractivity contribution < 1.29 is 19.1 Å². The van der Waals surface area contributed by atoms with Crippen molar-refractivity contribution in [3.63, 3.8) is 0 Å². The van der Waals surface area contributed by atoms with Gasteiger partial charge in [-0.1, -0.05) is 6.42 Å². The minimum absolute atomic E-state index is 0.146. The molecule has 0 fully saturated rings. The molecule has 6 nitrogen and oxygen atoms in total. The third-order valence-electron chi connectivity index (χ3n) is 4.91. The van der Waals surface area contributed by atoms with Gasteiger partial charge in [0.2, 0.25) is 0 Å². The summed E-state index contributed by atoms with van der Waals surface area (Å²) in [5, 5.41) is 6.29. The molecule has 0 radical (unpaired) electrons. The van der Waals surface area contributed by atoms with Crippen LogP contribution in [0, 0.1) is 0 Å². The van der Waals surface area contributed by atoms with Crippen molar-refractivity contribution in [3.05, 3.63) is 39.8 Å². The zero-order valence-electron chi connectivity index (χ0n) is 15.2. The van der Waals surface area contributed by atoms with E-state index in [4.69, 9.17) is 9.47 Å². The van der Waals surface area contributed by atoms with Crippen molar-refractivity contribution in [1.82, 2.24) is 5.32 Å². The maximum Gasteiger partial charge on any atom is 0.256 e. The molecule has 1 aromatic carbocycles. The van der Waals surface area contributed by atoms with E-state index in [0.29, 0.717) is 40.8 Å². The van der Waals surface area contributed by atoms with Gasteiger partial charge in [-0.25, -0.2) is 0 Å². The Bertz CT molecular complexity index is 890. The minimum atomic E-state index is -0.256. The van der Waals surface area contributed by atoms with Gasteiger partial charge in [0.05, 0.1) is 5.56 Å². The quantitative estimate of drug-likeness (QED) is 0.793. The topological polar surface area (TPSA) is 76.7 Å². The maximum absolute atomic E-state index is 12.8. The molecule has 2 aliphatic rings. The number of carbonyl (C=O) groups is 2. The van der Waals surface area contributed by atoms with Gasteiger partial charge in [0.15, 0.2) is 11.5 Å². The van der Waals surface area contributed by atoms with Crippen LogP contribution in [-0.4, -0.2) is 32.1 Å². The van der Waals surface area contributed by atoms with Gasteiger partial charge in [-0.15, -0.1) is 11.3 Å². The Morgan fingerprint density at radius 3 is 2.59 bits per heavy atom. The summed E-state index contributed by atoms with van der Waals surface area (Å²) < 4.78 is 11.1. The van der Waals surface area contributed by atoms with Crippen molar-refractivity contribution in [2.24, 2.45) is 0 Å². The van der Waals surface area contributed by atoms with Crippen molar-refractivity contribution in [3.8, 4) is 11.5 Å². The zero-order chi connectivity index (χ0) is 18.8. The van der Waals surface area contributed by atoms with Crippen LogP contribution in [0.25, 0.3) is 0 Å². The van der Waals surface area contributed by atoms with Gasteiger partial charge in [0.1, 0.15) is 18.2 Å². The number of amides is 2. The van der Waals surface area contributed by atoms with E-state index >= 15 is 0 Å². The summed E-state index contributed by atoms with van der Waals surface area (Å²) in [5.74, 6) is 0.814. The molecular formula is C20H22N2O4S. The smallest absolute Gasteiger partial charge is 0.256 e. The summed E-state index contributed by atoms with van der Waals surface area (Å²) in [6.45, 7) is 0.977. The first kappa shape index (κ1) is 17.9. The van der Waals surface area contributed by atoms with Crippen LogP contribution < -0.4 is 20.1 Å². The van der Waals surface area contributed by atoms with Crippen molar-refractivity contribution in [1.29, 1.82) is 0 Å². The second-order valence-electron chi connectivity index (χ2n) is 6.66. The average molecular weight is 386 g/mol. The molecule has 2 N–H and O–H groups in total. The van der Waals surface area contributed by atoms with Crippen LogP contribution in [0.5, 0.6) is 11.5 Å². The molecule has 7 heteroatoms. The highest BCUT2D eigenvalue weighted by Crippen LogP contribution is 2.38. The second-order valence-corrected chi connectivity index (χ2v) is 7.77. The fourth-order valence-electron chi connectivity index (χ4n) is 3.56. The number of rotatable bonds is 3. The molecule has 142 valence electrons. The third kappa shape index (κ3) is 3.51. The van der Waals surface area contributed by atoms with E-state index in [1.165, 1.54) is 22.6 Å². The standard InChI is InChI=1S/C20H22N2O4S/c1-21-19(24)17-13-5-3-2-4-6-16(13)27-20(17)22-18(23)12-7-8-14-15(11-12)26-10-9-25-14/h7-8,11H,2-6,9-10H2,1H3,(H,21,24)(H,22,23). The Hall–Kier alpha value is -2.54. The normalized spacial score (nSPS) is 15.4. The number of benzene rings is 1. The Morgan fingerprint density at radius 2 is 1.78 bits per heavy atom. The lowest BCUT2D eigenvalue weighted by Gasteiger charge is -2.18. The number of carbonyl (C=O) groups excluding carboxylic acids is 2. The highest BCUT2D eigenvalue weighted by molar-refractivity contribution is 7.17. The maximum atomic E-state index is 12.8. The number of fused-ring (bicyclic) bond motifs is 2. The van der Waals surface area contributed by atoms with E-state index in [0.717, 1.165) is 31.2 Å². The lowest BCUT2D eigenvalue weighted by Crippen LogP contribution is -2.22. The summed E-state index contributed by atoms with van der Waals surface area (Å²) in [6, 6.07) is 5.13. The number of anilines is 1. The molecule has 1 aromatic heterocycles. The molecule has 27 heavy (non-hydrogen) atoms. The van der Waals surface area contributed by atoms with E-state index in [1.54, 1.807) is 25.2 Å². The lowest BCUT2D eigenvalue weighted by molar-refractivity contribution is 0.0963. The molecule has 4 rings (SSSR count). The molecule has 2 amide bonds. The van der Waals surface area contributed by atoms with Gasteiger partial charge in [-0.2, -0.15) is 0 Å². The number of aryl methyl sites for hydroxylation is 1. The predicted octanol–water partition coefficient (Wildman–Crippen LogP) is 3.40. The van der Waals surface area contributed by atoms with Crippen molar-refractivity contribution in [2.45, 2.75) is 32.1 Å². The first-order chi connectivity index (χ1) is 13.2. The van der Waals surface area contributed by atoms with E-state index in [-0.39, 0.29) is 11.8 Å². The molecule has 2 heterocycles. The number of hydrogen-bond donors (Lipinski definition) is 2. The molecule has 2 aromatic rings. The van der Waals surface area contributed by atoms with Gasteiger partial charge < -0.3 is 20.1 Å². The molecule has 0 saturated carbocycles. The summed E-state index contributed by atoms with van der Waals surface area (Å²) >= 11 is 1.52. The van der Waals surface area contributed by atoms with Crippen LogP contribution in [0.1, 0.15) is 50.4 Å². The van der Waals surface area contributed by atoms with E-state index < -0.39 is 0 Å². The van der Waals surface area contributed by atoms with Crippen molar-refractivity contribution in [2.75, 3.05) is 25.6 Å². The molecule has 1 aliphatic carbocycles. The van der Waals surface area contributed by atoms with Gasteiger partial charge in [0, 0.05) is 17.5 Å². The third-order valence-corrected chi connectivity index (χ3v) is 6.11. The van der Waals surface area contributed by atoms with Gasteiger partial charge >= 0.3 is 0 Å². The van der Waals surface area contributed by atoms with E-state index in [9.17, 15) is 9.59 Å². The fourth-order valence-corrected chi connectivity index (χ4v) is 4.84. The zero-order valence-corrected chi connectivity index (χ0v) is 16.0. The summed E-state index contributed by atoms with van der Waals surface area (Å²) in [5.41, 5.74) is 2.19. The Labute approximate surface area is 161 Å². The second kappa shape index (κ2) is 7.60. The summed E-state index contributed by atoms with van der Waals surface area (Å²) in [4.78, 5) is 26.5. The Morgan fingerprint density at radius 1 is 1.00 bits per heavy atom. The number of hydrogen-bond acceptors (Lipinski definition) is 5.